The second kappa shape index (κ2) is 8.80. The van der Waals surface area contributed by atoms with E-state index in [4.69, 9.17) is 10.6 Å². The minimum absolute atomic E-state index is 0.802. The summed E-state index contributed by atoms with van der Waals surface area (Å²) in [6.07, 6.45) is 0. The Morgan fingerprint density at radius 3 is 0.821 bits per heavy atom. The van der Waals surface area contributed by atoms with Gasteiger partial charge in [-0.25, -0.2) is 0 Å². The number of rotatable bonds is 6. The van der Waals surface area contributed by atoms with Gasteiger partial charge in [0.25, 0.3) is 0 Å². The Balaban J connectivity index is 1.89. The third kappa shape index (κ3) is 5.85. The first-order valence-electron chi connectivity index (χ1n) is 9.52. The summed E-state index contributed by atoms with van der Waals surface area (Å²) >= 11 is -3.11. The van der Waals surface area contributed by atoms with Crippen LogP contribution in [0.4, 0.5) is 0 Å². The summed E-state index contributed by atoms with van der Waals surface area (Å²) in [6, 6.07) is 18.6. The van der Waals surface area contributed by atoms with E-state index in [9.17, 15) is 0 Å². The summed E-state index contributed by atoms with van der Waals surface area (Å²) in [6.45, 7) is 12.4. The number of hydrogen-bond acceptors (Lipinski definition) is 3. The molecule has 0 N–H and O–H groups in total. The van der Waals surface area contributed by atoms with Crippen LogP contribution in [0.15, 0.2) is 54.6 Å². The van der Waals surface area contributed by atoms with Gasteiger partial charge in [0.2, 0.25) is 0 Å². The number of benzene rings is 3. The monoisotopic (exact) mass is 432 g/mol. The van der Waals surface area contributed by atoms with Gasteiger partial charge >= 0.3 is 175 Å². The Kier molecular flexibility index (Phi) is 6.42. The molecule has 0 saturated carbocycles. The van der Waals surface area contributed by atoms with Gasteiger partial charge in [0.05, 0.1) is 0 Å². The quantitative estimate of drug-likeness (QED) is 0.443. The molecular formula is C24H27GaO3. The van der Waals surface area contributed by atoms with Gasteiger partial charge in [-0.3, -0.25) is 0 Å². The van der Waals surface area contributed by atoms with Crippen molar-refractivity contribution in [3.05, 3.63) is 88.0 Å². The molecule has 28 heavy (non-hydrogen) atoms. The van der Waals surface area contributed by atoms with Crippen LogP contribution < -0.4 is 10.6 Å². The fourth-order valence-electron chi connectivity index (χ4n) is 3.41. The van der Waals surface area contributed by atoms with E-state index in [1.54, 1.807) is 0 Å². The zero-order chi connectivity index (χ0) is 20.3. The molecule has 0 aliphatic rings. The van der Waals surface area contributed by atoms with E-state index in [-0.39, 0.29) is 0 Å². The van der Waals surface area contributed by atoms with Crippen LogP contribution in [0.1, 0.15) is 33.4 Å². The summed E-state index contributed by atoms with van der Waals surface area (Å²) in [5.74, 6) is 2.41. The maximum absolute atomic E-state index is 6.29. The first-order chi connectivity index (χ1) is 13.3. The summed E-state index contributed by atoms with van der Waals surface area (Å²) in [4.78, 5) is 0. The van der Waals surface area contributed by atoms with E-state index in [1.165, 1.54) is 0 Å². The molecule has 0 spiro atoms. The van der Waals surface area contributed by atoms with Crippen LogP contribution in [-0.2, 0) is 0 Å². The Morgan fingerprint density at radius 2 is 0.607 bits per heavy atom. The fraction of sp³-hybridized carbons (Fsp3) is 0.250. The van der Waals surface area contributed by atoms with Crippen molar-refractivity contribution in [2.24, 2.45) is 0 Å². The van der Waals surface area contributed by atoms with Crippen LogP contribution >= 0.6 is 0 Å². The number of aryl methyl sites for hydroxylation is 6. The van der Waals surface area contributed by atoms with Gasteiger partial charge in [-0.1, -0.05) is 0 Å². The minimum atomic E-state index is -3.11. The van der Waals surface area contributed by atoms with Crippen molar-refractivity contribution < 1.29 is 10.6 Å². The van der Waals surface area contributed by atoms with Crippen molar-refractivity contribution in [2.45, 2.75) is 41.5 Å². The van der Waals surface area contributed by atoms with Crippen molar-refractivity contribution in [3.63, 3.8) is 0 Å². The van der Waals surface area contributed by atoms with E-state index in [0.717, 1.165) is 50.6 Å². The summed E-state index contributed by atoms with van der Waals surface area (Å²) in [5, 5.41) is 0. The fourth-order valence-corrected chi connectivity index (χ4v) is 5.97. The molecule has 0 unspecified atom stereocenters. The Labute approximate surface area is 174 Å². The Morgan fingerprint density at radius 1 is 0.393 bits per heavy atom. The van der Waals surface area contributed by atoms with Crippen molar-refractivity contribution in [2.75, 3.05) is 0 Å². The van der Waals surface area contributed by atoms with Crippen molar-refractivity contribution in [3.8, 4) is 17.2 Å². The molecule has 4 heteroatoms. The predicted molar refractivity (Wildman–Crippen MR) is 115 cm³/mol. The van der Waals surface area contributed by atoms with Gasteiger partial charge < -0.3 is 0 Å². The first kappa shape index (κ1) is 20.4. The molecule has 3 rings (SSSR count). The topological polar surface area (TPSA) is 27.7 Å². The normalized spacial score (nSPS) is 10.5. The summed E-state index contributed by atoms with van der Waals surface area (Å²) in [7, 11) is 0. The van der Waals surface area contributed by atoms with Crippen molar-refractivity contribution >= 4 is 17.3 Å². The molecule has 0 aliphatic carbocycles. The maximum atomic E-state index is 6.29. The zero-order valence-electron chi connectivity index (χ0n) is 17.5. The molecule has 144 valence electrons. The molecule has 0 radical (unpaired) electrons. The first-order valence-corrected chi connectivity index (χ1v) is 12.5. The Bertz CT molecular complexity index is 794. The van der Waals surface area contributed by atoms with Gasteiger partial charge in [-0.05, 0) is 0 Å². The molecule has 0 aliphatic heterocycles. The Hall–Kier alpha value is -2.30. The summed E-state index contributed by atoms with van der Waals surface area (Å²) < 4.78 is 18.9. The molecule has 0 saturated heterocycles. The third-order valence-corrected chi connectivity index (χ3v) is 7.21. The SMILES string of the molecule is Cc1cc(C)cc([O][Ga]([O]c2cc(C)cc(C)c2)[O]c2cc(C)cc(C)c2)c1. The standard InChI is InChI=1S/3C8H10O.Ga/c3*1-6-3-7(2)5-8(9)4-6;/h3*3-5,9H,1-2H3;/q;;;+3/p-3. The average Bonchev–Trinajstić information content (AvgIpc) is 2.51. The molecule has 3 nitrogen and oxygen atoms in total. The van der Waals surface area contributed by atoms with E-state index >= 15 is 0 Å². The van der Waals surface area contributed by atoms with Crippen LogP contribution in [0.5, 0.6) is 17.2 Å². The van der Waals surface area contributed by atoms with Crippen LogP contribution in [0.25, 0.3) is 0 Å². The second-order valence-corrected chi connectivity index (χ2v) is 10.3. The van der Waals surface area contributed by atoms with Crippen LogP contribution in [0.3, 0.4) is 0 Å². The molecule has 3 aromatic carbocycles. The van der Waals surface area contributed by atoms with Gasteiger partial charge in [-0.2, -0.15) is 0 Å². The molecule has 0 fully saturated rings. The average molecular weight is 433 g/mol. The molecule has 0 aromatic heterocycles. The van der Waals surface area contributed by atoms with E-state index in [0.29, 0.717) is 0 Å². The molecule has 0 amide bonds. The van der Waals surface area contributed by atoms with Gasteiger partial charge in [0, 0.05) is 0 Å². The van der Waals surface area contributed by atoms with Crippen molar-refractivity contribution in [1.29, 1.82) is 0 Å². The third-order valence-electron chi connectivity index (χ3n) is 4.28. The van der Waals surface area contributed by atoms with E-state index < -0.39 is 17.3 Å². The van der Waals surface area contributed by atoms with E-state index in [2.05, 4.69) is 59.7 Å². The van der Waals surface area contributed by atoms with Gasteiger partial charge in [-0.15, -0.1) is 0 Å². The number of hydrogen-bond donors (Lipinski definition) is 0. The molecule has 0 bridgehead atoms. The molecular weight excluding hydrogens is 406 g/mol. The molecule has 3 aromatic rings. The molecule has 0 heterocycles. The van der Waals surface area contributed by atoms with Crippen LogP contribution in [0.2, 0.25) is 0 Å². The predicted octanol–water partition coefficient (Wildman–Crippen LogP) is 6.06. The zero-order valence-corrected chi connectivity index (χ0v) is 19.9. The van der Waals surface area contributed by atoms with Crippen LogP contribution in [-0.4, -0.2) is 17.3 Å². The van der Waals surface area contributed by atoms with Gasteiger partial charge in [0.15, 0.2) is 0 Å². The van der Waals surface area contributed by atoms with Crippen LogP contribution in [0, 0.1) is 41.5 Å². The van der Waals surface area contributed by atoms with E-state index in [1.807, 2.05) is 36.4 Å². The van der Waals surface area contributed by atoms with Crippen molar-refractivity contribution in [1.82, 2.24) is 0 Å². The summed E-state index contributed by atoms with van der Waals surface area (Å²) in [5.41, 5.74) is 6.97. The van der Waals surface area contributed by atoms with Gasteiger partial charge in [0.1, 0.15) is 0 Å². The second-order valence-electron chi connectivity index (χ2n) is 7.61. The molecule has 0 atom stereocenters.